The fourth-order valence-electron chi connectivity index (χ4n) is 1.34. The molecule has 18 heavy (non-hydrogen) atoms. The van der Waals surface area contributed by atoms with E-state index in [1.54, 1.807) is 13.1 Å². The summed E-state index contributed by atoms with van der Waals surface area (Å²) in [6.45, 7) is 0. The molecule has 8 heteroatoms. The van der Waals surface area contributed by atoms with Crippen molar-refractivity contribution in [3.63, 3.8) is 0 Å². The Morgan fingerprint density at radius 2 is 2.44 bits per heavy atom. The second-order valence-corrected chi connectivity index (χ2v) is 4.35. The van der Waals surface area contributed by atoms with Gasteiger partial charge in [0.15, 0.2) is 5.16 Å². The zero-order valence-corrected chi connectivity index (χ0v) is 10.6. The van der Waals surface area contributed by atoms with Crippen molar-refractivity contribution in [2.24, 2.45) is 7.05 Å². The van der Waals surface area contributed by atoms with Crippen LogP contribution in [0.5, 0.6) is 0 Å². The Morgan fingerprint density at radius 3 is 3.06 bits per heavy atom. The molecule has 2 rings (SSSR count). The molecule has 7 nitrogen and oxygen atoms in total. The zero-order chi connectivity index (χ0) is 13.1. The van der Waals surface area contributed by atoms with E-state index in [1.807, 2.05) is 0 Å². The van der Waals surface area contributed by atoms with Gasteiger partial charge in [-0.1, -0.05) is 11.8 Å². The van der Waals surface area contributed by atoms with Gasteiger partial charge < -0.3 is 9.15 Å². The summed E-state index contributed by atoms with van der Waals surface area (Å²) in [7, 11) is 2.92. The van der Waals surface area contributed by atoms with Gasteiger partial charge in [0.1, 0.15) is 11.3 Å². The van der Waals surface area contributed by atoms with Crippen LogP contribution in [0.4, 0.5) is 0 Å². The topological polar surface area (TPSA) is 90.1 Å². The van der Waals surface area contributed by atoms with Gasteiger partial charge in [0.2, 0.25) is 0 Å². The van der Waals surface area contributed by atoms with Crippen molar-refractivity contribution in [2.75, 3.05) is 7.11 Å². The first-order valence-corrected chi connectivity index (χ1v) is 6.01. The third-order valence-electron chi connectivity index (χ3n) is 2.32. The molecule has 0 radical (unpaired) electrons. The van der Waals surface area contributed by atoms with Gasteiger partial charge in [-0.05, 0) is 6.07 Å². The Hall–Kier alpha value is -1.96. The minimum absolute atomic E-state index is 0.287. The van der Waals surface area contributed by atoms with Crippen LogP contribution in [0.2, 0.25) is 0 Å². The molecule has 0 bridgehead atoms. The third-order valence-corrected chi connectivity index (χ3v) is 3.35. The average molecular weight is 269 g/mol. The first-order chi connectivity index (χ1) is 8.63. The molecule has 0 saturated carbocycles. The number of esters is 1. The molecule has 0 amide bonds. The summed E-state index contributed by atoms with van der Waals surface area (Å²) in [6.07, 6.45) is 1.42. The number of furan rings is 1. The number of ether oxygens (including phenoxy) is 1. The molecule has 0 fully saturated rings. The molecular formula is C10H11N3O4S. The van der Waals surface area contributed by atoms with E-state index >= 15 is 0 Å². The predicted octanol–water partition coefficient (Wildman–Crippen LogP) is 0.780. The molecule has 2 aromatic rings. The average Bonchev–Trinajstić information content (AvgIpc) is 2.95. The van der Waals surface area contributed by atoms with Gasteiger partial charge in [-0.15, -0.1) is 5.10 Å². The highest BCUT2D eigenvalue weighted by molar-refractivity contribution is 7.98. The smallest absolute Gasteiger partial charge is 0.343 e. The number of hydrogen-bond acceptors (Lipinski definition) is 6. The molecule has 2 aromatic heterocycles. The fraction of sp³-hybridized carbons (Fsp3) is 0.300. The zero-order valence-electron chi connectivity index (χ0n) is 9.80. The summed E-state index contributed by atoms with van der Waals surface area (Å²) < 4.78 is 11.2. The van der Waals surface area contributed by atoms with Gasteiger partial charge in [0.05, 0.1) is 19.1 Å². The number of rotatable bonds is 4. The third kappa shape index (κ3) is 2.33. The van der Waals surface area contributed by atoms with E-state index in [1.165, 1.54) is 29.7 Å². The monoisotopic (exact) mass is 269 g/mol. The van der Waals surface area contributed by atoms with Gasteiger partial charge in [-0.2, -0.15) is 0 Å². The Labute approximate surface area is 106 Å². The minimum atomic E-state index is -0.449. The molecule has 2 heterocycles. The molecule has 0 spiro atoms. The predicted molar refractivity (Wildman–Crippen MR) is 63.4 cm³/mol. The lowest BCUT2D eigenvalue weighted by Crippen LogP contribution is -2.12. The number of nitrogens with zero attached hydrogens (tertiary/aromatic N) is 2. The van der Waals surface area contributed by atoms with E-state index in [0.717, 1.165) is 0 Å². The van der Waals surface area contributed by atoms with Crippen LogP contribution in [0.15, 0.2) is 26.7 Å². The standard InChI is InChI=1S/C10H11N3O4S/c1-13-9(15)11-12-10(13)18-5-7-6(3-4-17-7)8(14)16-2/h3-4H,5H2,1-2H3,(H,11,15). The molecule has 0 aliphatic heterocycles. The number of carbonyl (C=O) groups excluding carboxylic acids is 1. The molecule has 0 aliphatic carbocycles. The van der Waals surface area contributed by atoms with Crippen LogP contribution in [-0.2, 0) is 17.5 Å². The summed E-state index contributed by atoms with van der Waals surface area (Å²) in [5, 5.41) is 6.69. The lowest BCUT2D eigenvalue weighted by molar-refractivity contribution is 0.0598. The van der Waals surface area contributed by atoms with E-state index in [-0.39, 0.29) is 5.69 Å². The van der Waals surface area contributed by atoms with Crippen LogP contribution in [0.3, 0.4) is 0 Å². The summed E-state index contributed by atoms with van der Waals surface area (Å²) >= 11 is 1.29. The highest BCUT2D eigenvalue weighted by Gasteiger charge is 2.16. The second-order valence-electron chi connectivity index (χ2n) is 3.41. The van der Waals surface area contributed by atoms with E-state index in [0.29, 0.717) is 22.2 Å². The Bertz CT molecular complexity index is 613. The SMILES string of the molecule is COC(=O)c1ccoc1CSc1n[nH]c(=O)n1C. The van der Waals surface area contributed by atoms with Crippen LogP contribution in [0.25, 0.3) is 0 Å². The summed E-state index contributed by atoms with van der Waals surface area (Å²) in [4.78, 5) is 22.6. The normalized spacial score (nSPS) is 10.6. The van der Waals surface area contributed by atoms with Crippen LogP contribution >= 0.6 is 11.8 Å². The number of aromatic nitrogens is 3. The van der Waals surface area contributed by atoms with Crippen molar-refractivity contribution in [1.29, 1.82) is 0 Å². The largest absolute Gasteiger partial charge is 0.468 e. The van der Waals surface area contributed by atoms with E-state index < -0.39 is 5.97 Å². The first-order valence-electron chi connectivity index (χ1n) is 5.02. The molecule has 0 aromatic carbocycles. The lowest BCUT2D eigenvalue weighted by Gasteiger charge is -2.00. The van der Waals surface area contributed by atoms with Gasteiger partial charge in [-0.25, -0.2) is 14.7 Å². The summed E-state index contributed by atoms with van der Waals surface area (Å²) in [5.74, 6) is 0.424. The number of nitrogens with one attached hydrogen (secondary N) is 1. The molecular weight excluding hydrogens is 258 g/mol. The number of thioether (sulfide) groups is 1. The lowest BCUT2D eigenvalue weighted by atomic mass is 10.3. The van der Waals surface area contributed by atoms with E-state index in [2.05, 4.69) is 14.9 Å². The van der Waals surface area contributed by atoms with Crippen molar-refractivity contribution in [3.05, 3.63) is 34.1 Å². The van der Waals surface area contributed by atoms with Gasteiger partial charge in [-0.3, -0.25) is 4.57 Å². The summed E-state index contributed by atoms with van der Waals surface area (Å²) in [6, 6.07) is 1.55. The number of hydrogen-bond donors (Lipinski definition) is 1. The van der Waals surface area contributed by atoms with Gasteiger partial charge in [0, 0.05) is 7.05 Å². The van der Waals surface area contributed by atoms with E-state index in [9.17, 15) is 9.59 Å². The number of H-pyrrole nitrogens is 1. The number of carbonyl (C=O) groups is 1. The maximum Gasteiger partial charge on any atom is 0.343 e. The Balaban J connectivity index is 2.11. The maximum absolute atomic E-state index is 11.4. The fourth-order valence-corrected chi connectivity index (χ4v) is 2.21. The van der Waals surface area contributed by atoms with E-state index in [4.69, 9.17) is 4.42 Å². The molecule has 0 aliphatic rings. The minimum Gasteiger partial charge on any atom is -0.468 e. The molecule has 0 unspecified atom stereocenters. The Kier molecular flexibility index (Phi) is 3.56. The molecule has 0 saturated heterocycles. The molecule has 0 atom stereocenters. The number of methoxy groups -OCH3 is 1. The van der Waals surface area contributed by atoms with Crippen LogP contribution in [0, 0.1) is 0 Å². The Morgan fingerprint density at radius 1 is 1.67 bits per heavy atom. The second kappa shape index (κ2) is 5.13. The van der Waals surface area contributed by atoms with Crippen LogP contribution in [0.1, 0.15) is 16.1 Å². The maximum atomic E-state index is 11.4. The quantitative estimate of drug-likeness (QED) is 0.651. The van der Waals surface area contributed by atoms with Crippen molar-refractivity contribution in [1.82, 2.24) is 14.8 Å². The van der Waals surface area contributed by atoms with Crippen molar-refractivity contribution >= 4 is 17.7 Å². The summed E-state index contributed by atoms with van der Waals surface area (Å²) in [5.41, 5.74) is 0.0932. The molecule has 1 N–H and O–H groups in total. The highest BCUT2D eigenvalue weighted by Crippen LogP contribution is 2.22. The van der Waals surface area contributed by atoms with Crippen molar-refractivity contribution in [3.8, 4) is 0 Å². The highest BCUT2D eigenvalue weighted by atomic mass is 32.2. The van der Waals surface area contributed by atoms with Gasteiger partial charge >= 0.3 is 11.7 Å². The van der Waals surface area contributed by atoms with Crippen LogP contribution in [-0.4, -0.2) is 27.8 Å². The van der Waals surface area contributed by atoms with Gasteiger partial charge in [0.25, 0.3) is 0 Å². The molecule has 96 valence electrons. The first kappa shape index (κ1) is 12.5. The van der Waals surface area contributed by atoms with Crippen LogP contribution < -0.4 is 5.69 Å². The van der Waals surface area contributed by atoms with Crippen molar-refractivity contribution < 1.29 is 13.9 Å². The number of aromatic amines is 1. The van der Waals surface area contributed by atoms with Crippen molar-refractivity contribution in [2.45, 2.75) is 10.9 Å².